The minimum Gasteiger partial charge on any atom is -0.456 e. The predicted octanol–water partition coefficient (Wildman–Crippen LogP) is 4.02. The van der Waals surface area contributed by atoms with E-state index in [1.54, 1.807) is 59.7 Å². The summed E-state index contributed by atoms with van der Waals surface area (Å²) >= 11 is 6.32. The number of amidine groups is 1. The molecule has 1 unspecified atom stereocenters. The molecule has 0 aliphatic carbocycles. The first-order valence-electron chi connectivity index (χ1n) is 9.62. The highest BCUT2D eigenvalue weighted by Crippen LogP contribution is 2.35. The molecule has 10 heteroatoms. The molecule has 1 saturated heterocycles. The molecule has 9 nitrogen and oxygen atoms in total. The van der Waals surface area contributed by atoms with E-state index in [9.17, 15) is 9.59 Å². The topological polar surface area (TPSA) is 105 Å². The molecule has 1 aromatic carbocycles. The molecule has 3 rings (SSSR count). The average Bonchev–Trinajstić information content (AvgIpc) is 3.18. The number of fused-ring (bicyclic) bond motifs is 1. The van der Waals surface area contributed by atoms with E-state index < -0.39 is 29.1 Å². The Bertz CT molecular complexity index is 932. The third kappa shape index (κ3) is 4.46. The van der Waals surface area contributed by atoms with E-state index >= 15 is 0 Å². The first-order chi connectivity index (χ1) is 13.8. The maximum atomic E-state index is 13.3. The second-order valence-corrected chi connectivity index (χ2v) is 9.41. The molecule has 0 spiro atoms. The SMILES string of the molecule is CC(C)(C)OC(=O)N1CCNC1(N=C1N=Nc2cccc(Cl)c21)C(=O)OC(C)(C)C. The fourth-order valence-electron chi connectivity index (χ4n) is 3.02. The number of esters is 1. The van der Waals surface area contributed by atoms with Gasteiger partial charge in [-0.1, -0.05) is 17.7 Å². The molecule has 1 amide bonds. The van der Waals surface area contributed by atoms with Crippen LogP contribution in [-0.2, 0) is 14.3 Å². The van der Waals surface area contributed by atoms with Gasteiger partial charge in [0.1, 0.15) is 11.2 Å². The third-order valence-corrected chi connectivity index (χ3v) is 4.45. The number of amides is 1. The van der Waals surface area contributed by atoms with Crippen LogP contribution in [-0.4, -0.2) is 52.9 Å². The van der Waals surface area contributed by atoms with Crippen LogP contribution in [0.1, 0.15) is 47.1 Å². The number of hydrogen-bond acceptors (Lipinski definition) is 7. The summed E-state index contributed by atoms with van der Waals surface area (Å²) in [6.45, 7) is 10.9. The summed E-state index contributed by atoms with van der Waals surface area (Å²) in [6.07, 6.45) is -0.697. The predicted molar refractivity (Wildman–Crippen MR) is 112 cm³/mol. The highest BCUT2D eigenvalue weighted by atomic mass is 35.5. The lowest BCUT2D eigenvalue weighted by atomic mass is 10.1. The summed E-state index contributed by atoms with van der Waals surface area (Å²) in [7, 11) is 0. The Kier molecular flexibility index (Phi) is 5.64. The summed E-state index contributed by atoms with van der Waals surface area (Å²) in [6, 6.07) is 5.16. The van der Waals surface area contributed by atoms with Crippen molar-refractivity contribution in [2.75, 3.05) is 13.1 Å². The van der Waals surface area contributed by atoms with Crippen molar-refractivity contribution in [3.8, 4) is 0 Å². The molecule has 0 saturated carbocycles. The fraction of sp³-hybridized carbons (Fsp3) is 0.550. The Balaban J connectivity index is 2.10. The van der Waals surface area contributed by atoms with E-state index in [1.165, 1.54) is 4.90 Å². The molecule has 1 aromatic rings. The number of carbonyl (C=O) groups excluding carboxylic acids is 2. The molecule has 2 aliphatic rings. The minimum absolute atomic E-state index is 0.129. The van der Waals surface area contributed by atoms with Gasteiger partial charge < -0.3 is 9.47 Å². The molecule has 0 bridgehead atoms. The lowest BCUT2D eigenvalue weighted by molar-refractivity contribution is -0.168. The Morgan fingerprint density at radius 3 is 2.43 bits per heavy atom. The molecule has 162 valence electrons. The maximum absolute atomic E-state index is 13.3. The molecule has 0 radical (unpaired) electrons. The minimum atomic E-state index is -1.86. The van der Waals surface area contributed by atoms with E-state index in [0.717, 1.165) is 0 Å². The van der Waals surface area contributed by atoms with Crippen LogP contribution in [0.2, 0.25) is 5.02 Å². The molecule has 1 N–H and O–H groups in total. The number of hydrogen-bond donors (Lipinski definition) is 1. The molecule has 1 fully saturated rings. The zero-order chi connectivity index (χ0) is 22.3. The zero-order valence-electron chi connectivity index (χ0n) is 17.9. The van der Waals surface area contributed by atoms with E-state index in [0.29, 0.717) is 22.8 Å². The maximum Gasteiger partial charge on any atom is 0.413 e. The summed E-state index contributed by atoms with van der Waals surface area (Å²) in [4.78, 5) is 32.0. The summed E-state index contributed by atoms with van der Waals surface area (Å²) in [5.74, 6) is -2.48. The summed E-state index contributed by atoms with van der Waals surface area (Å²) in [5, 5.41) is 11.5. The number of benzene rings is 1. The molecular weight excluding hydrogens is 410 g/mol. The first kappa shape index (κ1) is 22.2. The molecular formula is C20H26ClN5O4. The van der Waals surface area contributed by atoms with Crippen molar-refractivity contribution in [2.45, 2.75) is 58.5 Å². The molecule has 0 aromatic heterocycles. The zero-order valence-corrected chi connectivity index (χ0v) is 18.7. The lowest BCUT2D eigenvalue weighted by Gasteiger charge is -2.35. The number of nitrogens with zero attached hydrogens (tertiary/aromatic N) is 4. The quantitative estimate of drug-likeness (QED) is 0.706. The molecule has 30 heavy (non-hydrogen) atoms. The second-order valence-electron chi connectivity index (χ2n) is 9.00. The van der Waals surface area contributed by atoms with Crippen LogP contribution in [0.25, 0.3) is 0 Å². The van der Waals surface area contributed by atoms with Crippen molar-refractivity contribution < 1.29 is 19.1 Å². The van der Waals surface area contributed by atoms with Gasteiger partial charge in [0.2, 0.25) is 0 Å². The smallest absolute Gasteiger partial charge is 0.413 e. The number of azo groups is 1. The number of carbonyl (C=O) groups is 2. The van der Waals surface area contributed by atoms with Gasteiger partial charge in [0.15, 0.2) is 5.84 Å². The van der Waals surface area contributed by atoms with E-state index in [-0.39, 0.29) is 12.4 Å². The van der Waals surface area contributed by atoms with E-state index in [4.69, 9.17) is 21.1 Å². The van der Waals surface area contributed by atoms with Gasteiger partial charge in [0.05, 0.1) is 16.3 Å². The summed E-state index contributed by atoms with van der Waals surface area (Å²) in [5.41, 5.74) is -0.543. The van der Waals surface area contributed by atoms with Crippen LogP contribution in [0, 0.1) is 0 Å². The van der Waals surface area contributed by atoms with Gasteiger partial charge >= 0.3 is 12.1 Å². The Morgan fingerprint density at radius 1 is 1.13 bits per heavy atom. The molecule has 2 heterocycles. The van der Waals surface area contributed by atoms with E-state index in [1.807, 2.05) is 0 Å². The Hall–Kier alpha value is -2.52. The number of ether oxygens (including phenoxy) is 2. The number of rotatable bonds is 2. The van der Waals surface area contributed by atoms with Crippen LogP contribution in [0.3, 0.4) is 0 Å². The molecule has 2 aliphatic heterocycles. The van der Waals surface area contributed by atoms with Crippen LogP contribution >= 0.6 is 11.6 Å². The lowest BCUT2D eigenvalue weighted by Crippen LogP contribution is -2.61. The van der Waals surface area contributed by atoms with Gasteiger partial charge in [-0.3, -0.25) is 10.2 Å². The van der Waals surface area contributed by atoms with Gasteiger partial charge in [-0.2, -0.15) is 0 Å². The normalized spacial score (nSPS) is 22.4. The van der Waals surface area contributed by atoms with Gasteiger partial charge in [-0.05, 0) is 53.7 Å². The average molecular weight is 436 g/mol. The van der Waals surface area contributed by atoms with Crippen LogP contribution in [0.5, 0.6) is 0 Å². The number of nitrogens with one attached hydrogen (secondary N) is 1. The first-order valence-corrected chi connectivity index (χ1v) is 10.00. The van der Waals surface area contributed by atoms with Crippen molar-refractivity contribution in [3.05, 3.63) is 28.8 Å². The third-order valence-electron chi connectivity index (χ3n) is 4.13. The highest BCUT2D eigenvalue weighted by Gasteiger charge is 2.54. The van der Waals surface area contributed by atoms with Crippen LogP contribution in [0.4, 0.5) is 10.5 Å². The largest absolute Gasteiger partial charge is 0.456 e. The fourth-order valence-corrected chi connectivity index (χ4v) is 3.27. The second kappa shape index (κ2) is 7.63. The monoisotopic (exact) mass is 435 g/mol. The van der Waals surface area contributed by atoms with Crippen molar-refractivity contribution >= 4 is 35.2 Å². The standard InChI is InChI=1S/C20H26ClN5O4/c1-18(2,3)29-16(27)20(22-10-11-26(20)17(28)30-19(4,5)6)23-15-14-12(21)8-7-9-13(14)24-25-15/h7-9,22H,10-11H2,1-6H3. The van der Waals surface area contributed by atoms with Crippen molar-refractivity contribution in [3.63, 3.8) is 0 Å². The Labute approximate surface area is 180 Å². The highest BCUT2D eigenvalue weighted by molar-refractivity contribution is 6.35. The van der Waals surface area contributed by atoms with Gasteiger partial charge in [0, 0.05) is 13.1 Å². The van der Waals surface area contributed by atoms with Crippen molar-refractivity contribution in [2.24, 2.45) is 15.2 Å². The van der Waals surface area contributed by atoms with Gasteiger partial charge in [-0.25, -0.2) is 14.6 Å². The van der Waals surface area contributed by atoms with Crippen molar-refractivity contribution in [1.29, 1.82) is 0 Å². The van der Waals surface area contributed by atoms with Crippen LogP contribution < -0.4 is 5.32 Å². The number of aliphatic imine (C=N–C) groups is 1. The number of halogens is 1. The van der Waals surface area contributed by atoms with E-state index in [2.05, 4.69) is 20.5 Å². The summed E-state index contributed by atoms with van der Waals surface area (Å²) < 4.78 is 11.1. The van der Waals surface area contributed by atoms with Crippen LogP contribution in [0.15, 0.2) is 33.4 Å². The molecule has 1 atom stereocenters. The Morgan fingerprint density at radius 2 is 1.80 bits per heavy atom. The van der Waals surface area contributed by atoms with Gasteiger partial charge in [-0.15, -0.1) is 10.2 Å². The van der Waals surface area contributed by atoms with Gasteiger partial charge in [0.25, 0.3) is 5.79 Å². The van der Waals surface area contributed by atoms with Crippen molar-refractivity contribution in [1.82, 2.24) is 10.2 Å².